The first-order chi connectivity index (χ1) is 5.88. The standard InChI is InChI=1S/C9H8N2O/c10-8-3-5-12-9(8)7-2-1-4-11-6-7/h1-6H,10H2. The maximum absolute atomic E-state index is 5.65. The van der Waals surface area contributed by atoms with Gasteiger partial charge >= 0.3 is 0 Å². The average molecular weight is 160 g/mol. The summed E-state index contributed by atoms with van der Waals surface area (Å²) in [6.07, 6.45) is 5.00. The van der Waals surface area contributed by atoms with E-state index in [4.69, 9.17) is 10.2 Å². The number of nitrogens with two attached hydrogens (primary N) is 1. The zero-order chi connectivity index (χ0) is 8.39. The molecule has 0 atom stereocenters. The van der Waals surface area contributed by atoms with Gasteiger partial charge in [0.25, 0.3) is 0 Å². The largest absolute Gasteiger partial charge is 0.462 e. The van der Waals surface area contributed by atoms with E-state index in [1.165, 1.54) is 0 Å². The molecule has 0 fully saturated rings. The molecule has 0 aromatic carbocycles. The second-order valence-corrected chi connectivity index (χ2v) is 2.45. The maximum Gasteiger partial charge on any atom is 0.158 e. The monoisotopic (exact) mass is 160 g/mol. The average Bonchev–Trinajstić information content (AvgIpc) is 2.53. The van der Waals surface area contributed by atoms with E-state index in [1.807, 2.05) is 12.1 Å². The molecule has 2 aromatic heterocycles. The highest BCUT2D eigenvalue weighted by Crippen LogP contribution is 2.25. The van der Waals surface area contributed by atoms with Gasteiger partial charge in [0.05, 0.1) is 12.0 Å². The van der Waals surface area contributed by atoms with E-state index in [0.717, 1.165) is 5.56 Å². The lowest BCUT2D eigenvalue weighted by molar-refractivity contribution is 0.583. The summed E-state index contributed by atoms with van der Waals surface area (Å²) in [5, 5.41) is 0. The van der Waals surface area contributed by atoms with Crippen molar-refractivity contribution in [3.63, 3.8) is 0 Å². The molecule has 0 saturated heterocycles. The fourth-order valence-electron chi connectivity index (χ4n) is 1.05. The SMILES string of the molecule is Nc1ccoc1-c1cccnc1. The van der Waals surface area contributed by atoms with Crippen molar-refractivity contribution in [3.8, 4) is 11.3 Å². The summed E-state index contributed by atoms with van der Waals surface area (Å²) in [5.74, 6) is 0.683. The lowest BCUT2D eigenvalue weighted by atomic mass is 10.2. The Morgan fingerprint density at radius 3 is 2.83 bits per heavy atom. The second kappa shape index (κ2) is 2.70. The number of nitrogens with zero attached hydrogens (tertiary/aromatic N) is 1. The van der Waals surface area contributed by atoms with E-state index in [-0.39, 0.29) is 0 Å². The molecule has 0 aliphatic carbocycles. The molecular weight excluding hydrogens is 152 g/mol. The summed E-state index contributed by atoms with van der Waals surface area (Å²) < 4.78 is 5.19. The van der Waals surface area contributed by atoms with Crippen molar-refractivity contribution in [2.45, 2.75) is 0 Å². The Morgan fingerprint density at radius 2 is 2.25 bits per heavy atom. The van der Waals surface area contributed by atoms with Crippen LogP contribution in [0.5, 0.6) is 0 Å². The van der Waals surface area contributed by atoms with Crippen LogP contribution in [0.15, 0.2) is 41.3 Å². The van der Waals surface area contributed by atoms with Gasteiger partial charge in [-0.2, -0.15) is 0 Å². The van der Waals surface area contributed by atoms with Crippen LogP contribution in [0.4, 0.5) is 5.69 Å². The number of hydrogen-bond acceptors (Lipinski definition) is 3. The van der Waals surface area contributed by atoms with Gasteiger partial charge in [-0.15, -0.1) is 0 Å². The number of nitrogen functional groups attached to an aromatic ring is 1. The summed E-state index contributed by atoms with van der Waals surface area (Å²) in [7, 11) is 0. The molecule has 0 aliphatic rings. The number of furan rings is 1. The van der Waals surface area contributed by atoms with E-state index >= 15 is 0 Å². The third-order valence-corrected chi connectivity index (χ3v) is 1.62. The Hall–Kier alpha value is -1.77. The van der Waals surface area contributed by atoms with Gasteiger partial charge in [-0.05, 0) is 12.1 Å². The highest BCUT2D eigenvalue weighted by atomic mass is 16.3. The Morgan fingerprint density at radius 1 is 1.33 bits per heavy atom. The van der Waals surface area contributed by atoms with Crippen molar-refractivity contribution in [3.05, 3.63) is 36.9 Å². The van der Waals surface area contributed by atoms with Crippen LogP contribution >= 0.6 is 0 Å². The third kappa shape index (κ3) is 1.05. The summed E-state index contributed by atoms with van der Waals surface area (Å²) in [6, 6.07) is 5.47. The van der Waals surface area contributed by atoms with Crippen molar-refractivity contribution in [2.24, 2.45) is 0 Å². The molecule has 3 nitrogen and oxygen atoms in total. The van der Waals surface area contributed by atoms with Crippen molar-refractivity contribution in [1.82, 2.24) is 4.98 Å². The minimum absolute atomic E-state index is 0.642. The molecule has 0 aliphatic heterocycles. The van der Waals surface area contributed by atoms with E-state index in [0.29, 0.717) is 11.4 Å². The summed E-state index contributed by atoms with van der Waals surface area (Å²) >= 11 is 0. The number of aromatic nitrogens is 1. The predicted octanol–water partition coefficient (Wildman–Crippen LogP) is 1.92. The van der Waals surface area contributed by atoms with E-state index in [9.17, 15) is 0 Å². The number of pyridine rings is 1. The first-order valence-electron chi connectivity index (χ1n) is 3.61. The van der Waals surface area contributed by atoms with Crippen LogP contribution in [0.25, 0.3) is 11.3 Å². The minimum atomic E-state index is 0.642. The number of hydrogen-bond donors (Lipinski definition) is 1. The fourth-order valence-corrected chi connectivity index (χ4v) is 1.05. The van der Waals surface area contributed by atoms with Gasteiger partial charge in [0.2, 0.25) is 0 Å². The zero-order valence-electron chi connectivity index (χ0n) is 6.40. The highest BCUT2D eigenvalue weighted by Gasteiger charge is 2.04. The fraction of sp³-hybridized carbons (Fsp3) is 0. The van der Waals surface area contributed by atoms with Crippen LogP contribution in [-0.4, -0.2) is 4.98 Å². The molecule has 0 radical (unpaired) electrons. The maximum atomic E-state index is 5.65. The van der Waals surface area contributed by atoms with Gasteiger partial charge in [-0.1, -0.05) is 0 Å². The normalized spacial score (nSPS) is 10.0. The third-order valence-electron chi connectivity index (χ3n) is 1.62. The Labute approximate surface area is 69.8 Å². The summed E-state index contributed by atoms with van der Waals surface area (Å²) in [5.41, 5.74) is 7.20. The zero-order valence-corrected chi connectivity index (χ0v) is 6.40. The smallest absolute Gasteiger partial charge is 0.158 e. The summed E-state index contributed by atoms with van der Waals surface area (Å²) in [6.45, 7) is 0. The molecule has 2 rings (SSSR count). The lowest BCUT2D eigenvalue weighted by Gasteiger charge is -1.95. The molecule has 0 unspecified atom stereocenters. The highest BCUT2D eigenvalue weighted by molar-refractivity contribution is 5.69. The minimum Gasteiger partial charge on any atom is -0.462 e. The Bertz CT molecular complexity index is 367. The van der Waals surface area contributed by atoms with Gasteiger partial charge < -0.3 is 10.2 Å². The van der Waals surface area contributed by atoms with Crippen molar-refractivity contribution < 1.29 is 4.42 Å². The lowest BCUT2D eigenvalue weighted by Crippen LogP contribution is -1.84. The van der Waals surface area contributed by atoms with Crippen LogP contribution in [0, 0.1) is 0 Å². The van der Waals surface area contributed by atoms with Gasteiger partial charge in [0, 0.05) is 24.0 Å². The van der Waals surface area contributed by atoms with Crippen molar-refractivity contribution in [1.29, 1.82) is 0 Å². The van der Waals surface area contributed by atoms with Crippen LogP contribution in [-0.2, 0) is 0 Å². The first kappa shape index (κ1) is 6.91. The second-order valence-electron chi connectivity index (χ2n) is 2.45. The molecule has 0 bridgehead atoms. The molecule has 0 amide bonds. The van der Waals surface area contributed by atoms with Crippen LogP contribution in [0.2, 0.25) is 0 Å². The van der Waals surface area contributed by atoms with E-state index in [2.05, 4.69) is 4.98 Å². The van der Waals surface area contributed by atoms with Crippen LogP contribution in [0.3, 0.4) is 0 Å². The van der Waals surface area contributed by atoms with E-state index < -0.39 is 0 Å². The van der Waals surface area contributed by atoms with Crippen molar-refractivity contribution >= 4 is 5.69 Å². The Kier molecular flexibility index (Phi) is 1.55. The predicted molar refractivity (Wildman–Crippen MR) is 46.4 cm³/mol. The summed E-state index contributed by atoms with van der Waals surface area (Å²) in [4.78, 5) is 3.97. The topological polar surface area (TPSA) is 52.0 Å². The quantitative estimate of drug-likeness (QED) is 0.693. The molecule has 0 spiro atoms. The Balaban J connectivity index is 2.51. The molecule has 3 heteroatoms. The molecule has 60 valence electrons. The van der Waals surface area contributed by atoms with Crippen LogP contribution < -0.4 is 5.73 Å². The van der Waals surface area contributed by atoms with Gasteiger partial charge in [0.1, 0.15) is 0 Å². The van der Waals surface area contributed by atoms with Crippen molar-refractivity contribution in [2.75, 3.05) is 5.73 Å². The molecule has 0 saturated carbocycles. The van der Waals surface area contributed by atoms with Gasteiger partial charge in [-0.25, -0.2) is 0 Å². The first-order valence-corrected chi connectivity index (χ1v) is 3.61. The molecule has 2 heterocycles. The van der Waals surface area contributed by atoms with Gasteiger partial charge in [-0.3, -0.25) is 4.98 Å². The number of rotatable bonds is 1. The molecular formula is C9H8N2O. The van der Waals surface area contributed by atoms with E-state index in [1.54, 1.807) is 24.7 Å². The van der Waals surface area contributed by atoms with Gasteiger partial charge in [0.15, 0.2) is 5.76 Å². The molecule has 12 heavy (non-hydrogen) atoms. The molecule has 2 N–H and O–H groups in total. The molecule has 2 aromatic rings. The van der Waals surface area contributed by atoms with Crippen LogP contribution in [0.1, 0.15) is 0 Å². The number of anilines is 1.